The molecule has 3 nitrogen and oxygen atoms in total. The number of halogens is 1. The predicted molar refractivity (Wildman–Crippen MR) is 59.5 cm³/mol. The van der Waals surface area contributed by atoms with E-state index in [1.807, 2.05) is 18.2 Å². The van der Waals surface area contributed by atoms with E-state index in [9.17, 15) is 4.79 Å². The first-order chi connectivity index (χ1) is 6.68. The second-order valence-corrected chi connectivity index (χ2v) is 4.44. The molecule has 4 heteroatoms. The van der Waals surface area contributed by atoms with E-state index >= 15 is 0 Å². The average molecular weight is 304 g/mol. The Bertz CT molecular complexity index is 376. The van der Waals surface area contributed by atoms with Crippen molar-refractivity contribution in [1.29, 1.82) is 0 Å². The third-order valence-corrected chi connectivity index (χ3v) is 3.14. The smallest absolute Gasteiger partial charge is 0.310 e. The fourth-order valence-corrected chi connectivity index (χ4v) is 2.25. The minimum Gasteiger partial charge on any atom is -0.491 e. The second-order valence-electron chi connectivity index (χ2n) is 3.28. The fourth-order valence-electron chi connectivity index (χ4n) is 1.54. The van der Waals surface area contributed by atoms with Crippen molar-refractivity contribution in [2.24, 2.45) is 5.92 Å². The van der Waals surface area contributed by atoms with Gasteiger partial charge >= 0.3 is 5.97 Å². The maximum absolute atomic E-state index is 10.8. The van der Waals surface area contributed by atoms with Crippen LogP contribution in [-0.2, 0) is 11.2 Å². The molecule has 1 aromatic rings. The van der Waals surface area contributed by atoms with E-state index in [1.165, 1.54) is 0 Å². The van der Waals surface area contributed by atoms with Crippen LogP contribution < -0.4 is 4.74 Å². The van der Waals surface area contributed by atoms with Crippen molar-refractivity contribution in [1.82, 2.24) is 0 Å². The van der Waals surface area contributed by atoms with Gasteiger partial charge in [-0.3, -0.25) is 4.79 Å². The van der Waals surface area contributed by atoms with Crippen LogP contribution >= 0.6 is 22.6 Å². The van der Waals surface area contributed by atoms with Gasteiger partial charge in [0.05, 0.1) is 9.49 Å². The molecule has 1 aromatic carbocycles. The lowest BCUT2D eigenvalue weighted by molar-refractivity contribution is -0.143. The lowest BCUT2D eigenvalue weighted by Crippen LogP contribution is -2.28. The minimum atomic E-state index is -0.783. The Balaban J connectivity index is 2.31. The summed E-state index contributed by atoms with van der Waals surface area (Å²) < 4.78 is 6.49. The van der Waals surface area contributed by atoms with E-state index in [2.05, 4.69) is 22.6 Å². The summed E-state index contributed by atoms with van der Waals surface area (Å²) >= 11 is 2.20. The molecule has 0 spiro atoms. The molecule has 0 saturated heterocycles. The van der Waals surface area contributed by atoms with Crippen molar-refractivity contribution < 1.29 is 14.6 Å². The molecule has 0 fully saturated rings. The molecule has 1 heterocycles. The highest BCUT2D eigenvalue weighted by molar-refractivity contribution is 14.1. The average Bonchev–Trinajstić information content (AvgIpc) is 2.17. The van der Waals surface area contributed by atoms with Gasteiger partial charge in [0.1, 0.15) is 12.4 Å². The summed E-state index contributed by atoms with van der Waals surface area (Å²) in [7, 11) is 0. The van der Waals surface area contributed by atoms with E-state index in [1.54, 1.807) is 0 Å². The molecule has 74 valence electrons. The molecule has 0 bridgehead atoms. The first kappa shape index (κ1) is 9.76. The van der Waals surface area contributed by atoms with Gasteiger partial charge < -0.3 is 9.84 Å². The van der Waals surface area contributed by atoms with E-state index in [4.69, 9.17) is 9.84 Å². The number of rotatable bonds is 1. The molecule has 0 aliphatic carbocycles. The van der Waals surface area contributed by atoms with Crippen molar-refractivity contribution >= 4 is 28.6 Å². The molecular formula is C10H9IO3. The largest absolute Gasteiger partial charge is 0.491 e. The van der Waals surface area contributed by atoms with Crippen LogP contribution in [0.5, 0.6) is 5.75 Å². The first-order valence-corrected chi connectivity index (χ1v) is 5.39. The topological polar surface area (TPSA) is 46.5 Å². The summed E-state index contributed by atoms with van der Waals surface area (Å²) in [5.41, 5.74) is 0.996. The number of hydrogen-bond acceptors (Lipinski definition) is 2. The molecule has 14 heavy (non-hydrogen) atoms. The highest BCUT2D eigenvalue weighted by atomic mass is 127. The Hall–Kier alpha value is -0.780. The Morgan fingerprint density at radius 2 is 2.36 bits per heavy atom. The Morgan fingerprint density at radius 3 is 3.07 bits per heavy atom. The van der Waals surface area contributed by atoms with Crippen LogP contribution in [0.2, 0.25) is 0 Å². The lowest BCUT2D eigenvalue weighted by Gasteiger charge is -2.23. The molecular weight excluding hydrogens is 295 g/mol. The third kappa shape index (κ3) is 1.70. The zero-order chi connectivity index (χ0) is 10.1. The molecule has 0 amide bonds. The van der Waals surface area contributed by atoms with Gasteiger partial charge in [-0.15, -0.1) is 0 Å². The standard InChI is InChI=1S/C10H9IO3/c11-8-3-1-2-6-4-7(10(12)13)5-14-9(6)8/h1-3,7H,4-5H2,(H,12,13). The molecule has 1 atom stereocenters. The van der Waals surface area contributed by atoms with Gasteiger partial charge in [-0.25, -0.2) is 0 Å². The van der Waals surface area contributed by atoms with Gasteiger partial charge in [-0.1, -0.05) is 12.1 Å². The Morgan fingerprint density at radius 1 is 1.57 bits per heavy atom. The number of ether oxygens (including phenoxy) is 1. The van der Waals surface area contributed by atoms with Crippen LogP contribution in [0, 0.1) is 9.49 Å². The molecule has 1 aliphatic rings. The van der Waals surface area contributed by atoms with Crippen LogP contribution in [0.3, 0.4) is 0 Å². The van der Waals surface area contributed by atoms with Crippen LogP contribution in [0.1, 0.15) is 5.56 Å². The molecule has 0 aromatic heterocycles. The van der Waals surface area contributed by atoms with Crippen LogP contribution in [-0.4, -0.2) is 17.7 Å². The number of benzene rings is 1. The summed E-state index contributed by atoms with van der Waals surface area (Å²) in [4.78, 5) is 10.8. The number of carbonyl (C=O) groups is 1. The molecule has 0 radical (unpaired) electrons. The van der Waals surface area contributed by atoms with Crippen molar-refractivity contribution in [3.63, 3.8) is 0 Å². The van der Waals surface area contributed by atoms with Gasteiger partial charge in [0.2, 0.25) is 0 Å². The zero-order valence-corrected chi connectivity index (χ0v) is 9.52. The highest BCUT2D eigenvalue weighted by Gasteiger charge is 2.26. The van der Waals surface area contributed by atoms with E-state index < -0.39 is 11.9 Å². The van der Waals surface area contributed by atoms with Crippen molar-refractivity contribution in [3.8, 4) is 5.75 Å². The number of fused-ring (bicyclic) bond motifs is 1. The second kappa shape index (κ2) is 3.76. The number of carboxylic acids is 1. The minimum absolute atomic E-state index is 0.280. The number of para-hydroxylation sites is 1. The molecule has 2 rings (SSSR count). The maximum atomic E-state index is 10.8. The van der Waals surface area contributed by atoms with Gasteiger partial charge in [0.15, 0.2) is 0 Å². The Labute approximate surface area is 95.2 Å². The quantitative estimate of drug-likeness (QED) is 0.806. The first-order valence-electron chi connectivity index (χ1n) is 4.31. The van der Waals surface area contributed by atoms with Crippen molar-refractivity contribution in [2.75, 3.05) is 6.61 Å². The summed E-state index contributed by atoms with van der Waals surface area (Å²) in [5, 5.41) is 8.85. The molecule has 1 unspecified atom stereocenters. The zero-order valence-electron chi connectivity index (χ0n) is 7.37. The summed E-state index contributed by atoms with van der Waals surface area (Å²) in [6, 6.07) is 5.81. The van der Waals surface area contributed by atoms with Crippen molar-refractivity contribution in [2.45, 2.75) is 6.42 Å². The van der Waals surface area contributed by atoms with Gasteiger partial charge in [-0.2, -0.15) is 0 Å². The SMILES string of the molecule is O=C(O)C1COc2c(I)cccc2C1. The Kier molecular flexibility index (Phi) is 2.62. The van der Waals surface area contributed by atoms with Crippen LogP contribution in [0.4, 0.5) is 0 Å². The summed E-state index contributed by atoms with van der Waals surface area (Å²) in [6.45, 7) is 0.280. The highest BCUT2D eigenvalue weighted by Crippen LogP contribution is 2.31. The maximum Gasteiger partial charge on any atom is 0.310 e. The van der Waals surface area contributed by atoms with Gasteiger partial charge in [-0.05, 0) is 40.6 Å². The van der Waals surface area contributed by atoms with Crippen molar-refractivity contribution in [3.05, 3.63) is 27.3 Å². The summed E-state index contributed by atoms with van der Waals surface area (Å²) in [6.07, 6.45) is 0.571. The number of aliphatic carboxylic acids is 1. The van der Waals surface area contributed by atoms with E-state index in [0.29, 0.717) is 6.42 Å². The lowest BCUT2D eigenvalue weighted by atomic mass is 9.97. The van der Waals surface area contributed by atoms with Gasteiger partial charge in [0.25, 0.3) is 0 Å². The van der Waals surface area contributed by atoms with E-state index in [0.717, 1.165) is 14.9 Å². The van der Waals surface area contributed by atoms with Gasteiger partial charge in [0, 0.05) is 0 Å². The normalized spacial score (nSPS) is 19.6. The summed E-state index contributed by atoms with van der Waals surface area (Å²) in [5.74, 6) is -0.333. The van der Waals surface area contributed by atoms with Crippen LogP contribution in [0.25, 0.3) is 0 Å². The van der Waals surface area contributed by atoms with E-state index in [-0.39, 0.29) is 6.61 Å². The monoisotopic (exact) mass is 304 g/mol. The molecule has 0 saturated carbocycles. The number of hydrogen-bond donors (Lipinski definition) is 1. The molecule has 1 aliphatic heterocycles. The third-order valence-electron chi connectivity index (χ3n) is 2.29. The fraction of sp³-hybridized carbons (Fsp3) is 0.300. The molecule has 1 N–H and O–H groups in total. The van der Waals surface area contributed by atoms with Crippen LogP contribution in [0.15, 0.2) is 18.2 Å². The number of carboxylic acid groups (broad SMARTS) is 1. The predicted octanol–water partition coefficient (Wildman–Crippen LogP) is 1.93.